The van der Waals surface area contributed by atoms with Crippen LogP contribution in [0.2, 0.25) is 0 Å². The summed E-state index contributed by atoms with van der Waals surface area (Å²) in [5.41, 5.74) is 3.93. The van der Waals surface area contributed by atoms with Gasteiger partial charge >= 0.3 is 6.18 Å². The number of aromatic nitrogens is 2. The molecular weight excluding hydrogens is 415 g/mol. The van der Waals surface area contributed by atoms with Gasteiger partial charge in [-0.2, -0.15) is 18.3 Å². The predicted molar refractivity (Wildman–Crippen MR) is 117 cm³/mol. The average Bonchev–Trinajstić information content (AvgIpc) is 3.31. The van der Waals surface area contributed by atoms with E-state index in [2.05, 4.69) is 10.4 Å². The number of hydrogen-bond donors (Lipinski definition) is 1. The van der Waals surface area contributed by atoms with Gasteiger partial charge in [0.2, 0.25) is 5.91 Å². The molecule has 1 N–H and O–H groups in total. The quantitative estimate of drug-likeness (QED) is 0.543. The van der Waals surface area contributed by atoms with Crippen LogP contribution in [0.15, 0.2) is 67.0 Å². The van der Waals surface area contributed by atoms with Crippen LogP contribution in [0, 0.1) is 11.8 Å². The van der Waals surface area contributed by atoms with Crippen molar-refractivity contribution >= 4 is 5.91 Å². The molecule has 1 heterocycles. The lowest BCUT2D eigenvalue weighted by Gasteiger charge is -2.32. The average molecular weight is 441 g/mol. The van der Waals surface area contributed by atoms with Crippen LogP contribution in [0.4, 0.5) is 13.2 Å². The molecule has 3 aromatic rings. The zero-order chi connectivity index (χ0) is 22.6. The van der Waals surface area contributed by atoms with Crippen LogP contribution >= 0.6 is 0 Å². The number of amides is 1. The van der Waals surface area contributed by atoms with Gasteiger partial charge in [-0.15, -0.1) is 0 Å². The predicted octanol–water partition coefficient (Wildman–Crippen LogP) is 5.58. The molecule has 0 saturated heterocycles. The molecule has 1 aliphatic carbocycles. The van der Waals surface area contributed by atoms with E-state index in [9.17, 15) is 18.0 Å². The van der Waals surface area contributed by atoms with E-state index in [0.717, 1.165) is 22.3 Å². The van der Waals surface area contributed by atoms with Crippen molar-refractivity contribution in [2.45, 2.75) is 44.9 Å². The number of hydrogen-bond acceptors (Lipinski definition) is 2. The first-order valence-corrected chi connectivity index (χ1v) is 10.9. The largest absolute Gasteiger partial charge is 0.392 e. The molecule has 1 saturated carbocycles. The maximum absolute atomic E-state index is 13.4. The number of halogens is 3. The van der Waals surface area contributed by atoms with Crippen molar-refractivity contribution in [2.24, 2.45) is 11.8 Å². The Morgan fingerprint density at radius 2 is 1.78 bits per heavy atom. The highest BCUT2D eigenvalue weighted by molar-refractivity contribution is 5.79. The van der Waals surface area contributed by atoms with E-state index < -0.39 is 23.9 Å². The molecule has 1 amide bonds. The topological polar surface area (TPSA) is 46.9 Å². The summed E-state index contributed by atoms with van der Waals surface area (Å²) < 4.78 is 41.9. The molecule has 32 heavy (non-hydrogen) atoms. The third kappa shape index (κ3) is 5.21. The van der Waals surface area contributed by atoms with E-state index in [1.807, 2.05) is 65.5 Å². The fourth-order valence-electron chi connectivity index (χ4n) is 4.48. The lowest BCUT2D eigenvalue weighted by molar-refractivity contribution is -0.198. The number of nitrogens with zero attached hydrogens (tertiary/aromatic N) is 2. The number of alkyl halides is 3. The summed E-state index contributed by atoms with van der Waals surface area (Å²) in [5, 5.41) is 6.98. The number of nitrogens with one attached hydrogen (secondary N) is 1. The molecule has 168 valence electrons. The molecule has 2 atom stereocenters. The Labute approximate surface area is 185 Å². The van der Waals surface area contributed by atoms with Crippen molar-refractivity contribution in [3.8, 4) is 11.1 Å². The van der Waals surface area contributed by atoms with Crippen LogP contribution in [0.3, 0.4) is 0 Å². The number of carbonyl (C=O) groups is 1. The maximum atomic E-state index is 13.4. The van der Waals surface area contributed by atoms with Gasteiger partial charge in [0.15, 0.2) is 0 Å². The molecule has 4 rings (SSSR count). The second-order valence-corrected chi connectivity index (χ2v) is 8.31. The molecule has 2 aromatic carbocycles. The summed E-state index contributed by atoms with van der Waals surface area (Å²) in [6.45, 7) is 0.873. The summed E-state index contributed by atoms with van der Waals surface area (Å²) in [4.78, 5) is 12.7. The van der Waals surface area contributed by atoms with E-state index in [1.54, 1.807) is 6.20 Å². The Kier molecular flexibility index (Phi) is 6.63. The fraction of sp³-hybridized carbons (Fsp3) is 0.360. The van der Waals surface area contributed by atoms with Gasteiger partial charge in [0.1, 0.15) is 0 Å². The van der Waals surface area contributed by atoms with Crippen molar-refractivity contribution < 1.29 is 18.0 Å². The maximum Gasteiger partial charge on any atom is 0.392 e. The summed E-state index contributed by atoms with van der Waals surface area (Å²) >= 11 is 0. The fourth-order valence-corrected chi connectivity index (χ4v) is 4.48. The van der Waals surface area contributed by atoms with Crippen LogP contribution in [0.5, 0.6) is 0 Å². The van der Waals surface area contributed by atoms with Gasteiger partial charge in [-0.05, 0) is 41.2 Å². The minimum absolute atomic E-state index is 0.0308. The molecule has 0 radical (unpaired) electrons. The van der Waals surface area contributed by atoms with Gasteiger partial charge in [-0.3, -0.25) is 9.48 Å². The van der Waals surface area contributed by atoms with E-state index >= 15 is 0 Å². The van der Waals surface area contributed by atoms with E-state index in [-0.39, 0.29) is 19.4 Å². The van der Waals surface area contributed by atoms with Gasteiger partial charge in [0.05, 0.1) is 12.5 Å². The van der Waals surface area contributed by atoms with Crippen LogP contribution in [0.1, 0.15) is 36.8 Å². The third-order valence-electron chi connectivity index (χ3n) is 6.16. The lowest BCUT2D eigenvalue weighted by atomic mass is 9.78. The monoisotopic (exact) mass is 441 g/mol. The van der Waals surface area contributed by atoms with Crippen LogP contribution in [-0.2, 0) is 17.9 Å². The van der Waals surface area contributed by atoms with Gasteiger partial charge in [-0.25, -0.2) is 0 Å². The van der Waals surface area contributed by atoms with E-state index in [4.69, 9.17) is 0 Å². The van der Waals surface area contributed by atoms with Crippen LogP contribution in [-0.4, -0.2) is 21.9 Å². The number of carbonyl (C=O) groups excluding carboxylic acids is 1. The molecule has 0 aliphatic heterocycles. The van der Waals surface area contributed by atoms with Crippen molar-refractivity contribution in [3.63, 3.8) is 0 Å². The first-order valence-electron chi connectivity index (χ1n) is 10.9. The van der Waals surface area contributed by atoms with Crippen LogP contribution in [0.25, 0.3) is 11.1 Å². The Hall–Kier alpha value is -3.09. The molecule has 1 aliphatic rings. The zero-order valence-electron chi connectivity index (χ0n) is 17.7. The molecule has 0 spiro atoms. The lowest BCUT2D eigenvalue weighted by Crippen LogP contribution is -2.42. The molecule has 4 nitrogen and oxygen atoms in total. The van der Waals surface area contributed by atoms with Gasteiger partial charge in [0.25, 0.3) is 0 Å². The number of rotatable bonds is 6. The summed E-state index contributed by atoms with van der Waals surface area (Å²) in [5.74, 6) is -3.05. The normalized spacial score (nSPS) is 19.0. The van der Waals surface area contributed by atoms with E-state index in [1.165, 1.54) is 0 Å². The zero-order valence-corrected chi connectivity index (χ0v) is 17.7. The van der Waals surface area contributed by atoms with Crippen molar-refractivity contribution in [2.75, 3.05) is 0 Å². The highest BCUT2D eigenvalue weighted by Crippen LogP contribution is 2.41. The SMILES string of the molecule is O=C(NCc1ccccc1-c1ccc(Cn2cccn2)cc1)C1CCCCC1C(F)(F)F. The Bertz CT molecular complexity index is 1030. The molecular formula is C25H26F3N3O. The van der Waals surface area contributed by atoms with Gasteiger partial charge in [-0.1, -0.05) is 61.4 Å². The van der Waals surface area contributed by atoms with Gasteiger partial charge in [0, 0.05) is 24.9 Å². The van der Waals surface area contributed by atoms with Crippen LogP contribution < -0.4 is 5.32 Å². The van der Waals surface area contributed by atoms with Crippen molar-refractivity contribution in [1.82, 2.24) is 15.1 Å². The Morgan fingerprint density at radius 1 is 1.03 bits per heavy atom. The molecule has 0 bridgehead atoms. The first kappa shape index (κ1) is 22.1. The Balaban J connectivity index is 1.45. The molecule has 2 unspecified atom stereocenters. The first-order chi connectivity index (χ1) is 15.4. The molecule has 1 fully saturated rings. The van der Waals surface area contributed by atoms with Gasteiger partial charge < -0.3 is 5.32 Å². The molecule has 1 aromatic heterocycles. The van der Waals surface area contributed by atoms with E-state index in [0.29, 0.717) is 19.4 Å². The molecule has 7 heteroatoms. The Morgan fingerprint density at radius 3 is 2.50 bits per heavy atom. The smallest absolute Gasteiger partial charge is 0.352 e. The van der Waals surface area contributed by atoms with Crippen molar-refractivity contribution in [3.05, 3.63) is 78.1 Å². The summed E-state index contributed by atoms with van der Waals surface area (Å²) in [6.07, 6.45) is 0.806. The standard InChI is InChI=1S/C25H26F3N3O/c26-25(27,28)23-9-4-3-8-22(23)24(32)29-16-20-6-1-2-7-21(20)19-12-10-18(11-13-19)17-31-15-5-14-30-31/h1-2,5-7,10-15,22-23H,3-4,8-9,16-17H2,(H,29,32). The number of benzene rings is 2. The highest BCUT2D eigenvalue weighted by atomic mass is 19.4. The second kappa shape index (κ2) is 9.59. The minimum Gasteiger partial charge on any atom is -0.352 e. The highest BCUT2D eigenvalue weighted by Gasteiger charge is 2.47. The minimum atomic E-state index is -4.34. The van der Waals surface area contributed by atoms with Crippen molar-refractivity contribution in [1.29, 1.82) is 0 Å². The third-order valence-corrected chi connectivity index (χ3v) is 6.16. The summed E-state index contributed by atoms with van der Waals surface area (Å²) in [6, 6.07) is 17.6. The second-order valence-electron chi connectivity index (χ2n) is 8.31. The summed E-state index contributed by atoms with van der Waals surface area (Å²) in [7, 11) is 0.